The lowest BCUT2D eigenvalue weighted by molar-refractivity contribution is 0.441. The third kappa shape index (κ3) is 2.09. The summed E-state index contributed by atoms with van der Waals surface area (Å²) in [7, 11) is 0. The molecule has 0 atom stereocenters. The van der Waals surface area contributed by atoms with Crippen LogP contribution in [0.4, 0.5) is 4.39 Å². The number of benzene rings is 1. The third-order valence-corrected chi connectivity index (χ3v) is 2.83. The third-order valence-electron chi connectivity index (χ3n) is 2.83. The quantitative estimate of drug-likeness (QED) is 0.614. The first-order valence-corrected chi connectivity index (χ1v) is 5.03. The first-order chi connectivity index (χ1) is 6.36. The summed E-state index contributed by atoms with van der Waals surface area (Å²) >= 11 is 0. The summed E-state index contributed by atoms with van der Waals surface area (Å²) in [5.74, 6) is 0.434. The monoisotopic (exact) mass is 177 g/mol. The predicted molar refractivity (Wildman–Crippen MR) is 51.1 cm³/mol. The Hall–Kier alpha value is -0.850. The summed E-state index contributed by atoms with van der Waals surface area (Å²) in [6, 6.07) is 7.93. The lowest BCUT2D eigenvalue weighted by Gasteiger charge is -2.21. The molecule has 13 heavy (non-hydrogen) atoms. The van der Waals surface area contributed by atoms with Crippen molar-refractivity contribution in [3.8, 4) is 0 Å². The Balaban J connectivity index is 2.14. The molecule has 0 aromatic heterocycles. The summed E-state index contributed by atoms with van der Waals surface area (Å²) in [6.07, 6.45) is 6.33. The van der Waals surface area contributed by atoms with Gasteiger partial charge >= 0.3 is 0 Å². The van der Waals surface area contributed by atoms with Crippen molar-refractivity contribution in [1.29, 1.82) is 0 Å². The van der Waals surface area contributed by atoms with Crippen LogP contribution in [0.15, 0.2) is 18.2 Å². The van der Waals surface area contributed by atoms with Gasteiger partial charge in [-0.05, 0) is 42.5 Å². The molecule has 0 unspecified atom stereocenters. The van der Waals surface area contributed by atoms with Gasteiger partial charge in [-0.15, -0.1) is 0 Å². The van der Waals surface area contributed by atoms with Gasteiger partial charge in [0, 0.05) is 0 Å². The van der Waals surface area contributed by atoms with Crippen molar-refractivity contribution in [2.45, 2.75) is 38.0 Å². The van der Waals surface area contributed by atoms with Gasteiger partial charge in [0.05, 0.1) is 0 Å². The van der Waals surface area contributed by atoms with Crippen molar-refractivity contribution in [3.05, 3.63) is 35.6 Å². The molecule has 1 aromatic carbocycles. The number of hydrogen-bond acceptors (Lipinski definition) is 0. The Morgan fingerprint density at radius 1 is 1.23 bits per heavy atom. The van der Waals surface area contributed by atoms with Crippen molar-refractivity contribution in [2.24, 2.45) is 0 Å². The van der Waals surface area contributed by atoms with Gasteiger partial charge in [-0.2, -0.15) is 0 Å². The zero-order valence-corrected chi connectivity index (χ0v) is 7.72. The molecule has 0 N–H and O–H groups in total. The molecule has 69 valence electrons. The molecule has 1 heteroatoms. The molecule has 1 aromatic rings. The van der Waals surface area contributed by atoms with E-state index in [9.17, 15) is 4.39 Å². The highest BCUT2D eigenvalue weighted by molar-refractivity contribution is 5.19. The van der Waals surface area contributed by atoms with E-state index in [2.05, 4.69) is 6.07 Å². The fraction of sp³-hybridized carbons (Fsp3) is 0.500. The highest BCUT2D eigenvalue weighted by Gasteiger charge is 2.15. The normalized spacial score (nSPS) is 18.8. The number of halogens is 1. The topological polar surface area (TPSA) is 0 Å². The Morgan fingerprint density at radius 3 is 2.69 bits per heavy atom. The summed E-state index contributed by atoms with van der Waals surface area (Å²) in [4.78, 5) is 0. The fourth-order valence-electron chi connectivity index (χ4n) is 2.11. The Bertz CT molecular complexity index is 274. The van der Waals surface area contributed by atoms with Crippen molar-refractivity contribution in [3.63, 3.8) is 0 Å². The minimum atomic E-state index is -0.126. The average Bonchev–Trinajstić information content (AvgIpc) is 2.19. The molecule has 0 saturated heterocycles. The van der Waals surface area contributed by atoms with E-state index in [1.54, 1.807) is 12.1 Å². The van der Waals surface area contributed by atoms with E-state index < -0.39 is 0 Å². The van der Waals surface area contributed by atoms with Gasteiger partial charge in [0.25, 0.3) is 0 Å². The van der Waals surface area contributed by atoms with E-state index in [0.29, 0.717) is 5.92 Å². The van der Waals surface area contributed by atoms with Crippen LogP contribution in [-0.2, 0) is 0 Å². The minimum absolute atomic E-state index is 0.126. The molecular weight excluding hydrogens is 163 g/mol. The van der Waals surface area contributed by atoms with Crippen LogP contribution in [0.5, 0.6) is 0 Å². The zero-order chi connectivity index (χ0) is 9.10. The van der Waals surface area contributed by atoms with Gasteiger partial charge in [0.2, 0.25) is 0 Å². The van der Waals surface area contributed by atoms with Gasteiger partial charge in [-0.25, -0.2) is 4.39 Å². The molecule has 0 spiro atoms. The van der Waals surface area contributed by atoms with E-state index in [4.69, 9.17) is 0 Å². The van der Waals surface area contributed by atoms with E-state index in [0.717, 1.165) is 5.56 Å². The number of rotatable bonds is 1. The second-order valence-corrected chi connectivity index (χ2v) is 3.80. The summed E-state index contributed by atoms with van der Waals surface area (Å²) in [5, 5.41) is 0. The predicted octanol–water partition coefficient (Wildman–Crippen LogP) is 3.67. The highest BCUT2D eigenvalue weighted by Crippen LogP contribution is 2.32. The zero-order valence-electron chi connectivity index (χ0n) is 7.72. The summed E-state index contributed by atoms with van der Waals surface area (Å²) in [5.41, 5.74) is 1.07. The SMILES string of the molecule is Fc1cc[c]c(C2CCCCC2)c1. The van der Waals surface area contributed by atoms with E-state index in [1.165, 1.54) is 38.2 Å². The lowest BCUT2D eigenvalue weighted by atomic mass is 9.84. The highest BCUT2D eigenvalue weighted by atomic mass is 19.1. The van der Waals surface area contributed by atoms with Crippen LogP contribution in [0.2, 0.25) is 0 Å². The Kier molecular flexibility index (Phi) is 2.62. The number of hydrogen-bond donors (Lipinski definition) is 0. The molecular formula is C12H14F. The van der Waals surface area contributed by atoms with Crippen LogP contribution < -0.4 is 0 Å². The van der Waals surface area contributed by atoms with Gasteiger partial charge in [-0.3, -0.25) is 0 Å². The lowest BCUT2D eigenvalue weighted by Crippen LogP contribution is -2.04. The van der Waals surface area contributed by atoms with Crippen LogP contribution in [0.1, 0.15) is 43.6 Å². The van der Waals surface area contributed by atoms with Crippen LogP contribution in [0.3, 0.4) is 0 Å². The van der Waals surface area contributed by atoms with Gasteiger partial charge < -0.3 is 0 Å². The van der Waals surface area contributed by atoms with E-state index >= 15 is 0 Å². The Labute approximate surface area is 78.8 Å². The maximum Gasteiger partial charge on any atom is 0.123 e. The van der Waals surface area contributed by atoms with Crippen LogP contribution >= 0.6 is 0 Å². The maximum atomic E-state index is 12.9. The van der Waals surface area contributed by atoms with Crippen LogP contribution in [-0.4, -0.2) is 0 Å². The molecule has 1 saturated carbocycles. The molecule has 2 rings (SSSR count). The molecule has 0 amide bonds. The maximum absolute atomic E-state index is 12.9. The average molecular weight is 177 g/mol. The van der Waals surface area contributed by atoms with E-state index in [-0.39, 0.29) is 5.82 Å². The fourth-order valence-corrected chi connectivity index (χ4v) is 2.11. The van der Waals surface area contributed by atoms with Crippen LogP contribution in [0, 0.1) is 11.9 Å². The van der Waals surface area contributed by atoms with Crippen molar-refractivity contribution < 1.29 is 4.39 Å². The van der Waals surface area contributed by atoms with Crippen molar-refractivity contribution in [2.75, 3.05) is 0 Å². The van der Waals surface area contributed by atoms with Gasteiger partial charge in [-0.1, -0.05) is 25.3 Å². The van der Waals surface area contributed by atoms with Gasteiger partial charge in [0.1, 0.15) is 5.82 Å². The van der Waals surface area contributed by atoms with E-state index in [1.807, 2.05) is 0 Å². The van der Waals surface area contributed by atoms with Crippen LogP contribution in [0.25, 0.3) is 0 Å². The molecule has 1 fully saturated rings. The first kappa shape index (κ1) is 8.74. The van der Waals surface area contributed by atoms with Crippen molar-refractivity contribution >= 4 is 0 Å². The second kappa shape index (κ2) is 3.91. The molecule has 1 aliphatic rings. The summed E-state index contributed by atoms with van der Waals surface area (Å²) < 4.78 is 12.9. The van der Waals surface area contributed by atoms with Crippen molar-refractivity contribution in [1.82, 2.24) is 0 Å². The largest absolute Gasteiger partial charge is 0.207 e. The molecule has 0 heterocycles. The molecule has 1 aliphatic carbocycles. The molecule has 0 bridgehead atoms. The first-order valence-electron chi connectivity index (χ1n) is 5.03. The molecule has 1 radical (unpaired) electrons. The smallest absolute Gasteiger partial charge is 0.123 e. The van der Waals surface area contributed by atoms with Gasteiger partial charge in [0.15, 0.2) is 0 Å². The second-order valence-electron chi connectivity index (χ2n) is 3.80. The molecule has 0 aliphatic heterocycles. The molecule has 0 nitrogen and oxygen atoms in total. The Morgan fingerprint density at radius 2 is 2.00 bits per heavy atom. The summed E-state index contributed by atoms with van der Waals surface area (Å²) in [6.45, 7) is 0. The standard InChI is InChI=1S/C12H14F/c13-12-8-4-7-11(9-12)10-5-2-1-3-6-10/h4,8-10H,1-3,5-6H2. The minimum Gasteiger partial charge on any atom is -0.207 e.